The Morgan fingerprint density at radius 1 is 1.16 bits per heavy atom. The van der Waals surface area contributed by atoms with E-state index in [0.29, 0.717) is 21.1 Å². The molecular formula is C22H18BrN3O5. The number of amides is 1. The number of aryl methyl sites for hydroxylation is 1. The molecule has 1 amide bonds. The van der Waals surface area contributed by atoms with Gasteiger partial charge in [0.25, 0.3) is 11.6 Å². The molecule has 1 N–H and O–H groups in total. The Kier molecular flexibility index (Phi) is 5.94. The van der Waals surface area contributed by atoms with Crippen molar-refractivity contribution >= 4 is 50.1 Å². The molecule has 9 heteroatoms. The molecule has 0 atom stereocenters. The molecule has 8 nitrogen and oxygen atoms in total. The lowest BCUT2D eigenvalue weighted by Crippen LogP contribution is -2.22. The van der Waals surface area contributed by atoms with E-state index in [4.69, 9.17) is 9.72 Å². The van der Waals surface area contributed by atoms with Crippen LogP contribution in [0, 0.1) is 10.1 Å². The second-order valence-electron chi connectivity index (χ2n) is 7.18. The third-order valence-corrected chi connectivity index (χ3v) is 5.80. The summed E-state index contributed by atoms with van der Waals surface area (Å²) in [5.41, 5.74) is 3.26. The summed E-state index contributed by atoms with van der Waals surface area (Å²) in [7, 11) is 0. The average molecular weight is 484 g/mol. The lowest BCUT2D eigenvalue weighted by molar-refractivity contribution is -0.384. The van der Waals surface area contributed by atoms with Crippen LogP contribution in [0.3, 0.4) is 0 Å². The van der Waals surface area contributed by atoms with Crippen LogP contribution >= 0.6 is 15.9 Å². The Labute approximate surface area is 185 Å². The second kappa shape index (κ2) is 8.81. The van der Waals surface area contributed by atoms with Gasteiger partial charge in [0.05, 0.1) is 21.7 Å². The van der Waals surface area contributed by atoms with Gasteiger partial charge in [0, 0.05) is 27.7 Å². The molecule has 0 saturated heterocycles. The molecule has 158 valence electrons. The van der Waals surface area contributed by atoms with Crippen molar-refractivity contribution in [1.29, 1.82) is 0 Å². The molecule has 2 aromatic carbocycles. The van der Waals surface area contributed by atoms with Gasteiger partial charge in [-0.25, -0.2) is 4.79 Å². The number of carbonyl (C=O) groups is 2. The maximum atomic E-state index is 13.0. The fourth-order valence-electron chi connectivity index (χ4n) is 3.71. The second-order valence-corrected chi connectivity index (χ2v) is 8.04. The van der Waals surface area contributed by atoms with Gasteiger partial charge in [-0.2, -0.15) is 0 Å². The number of hydrogen-bond donors (Lipinski definition) is 1. The van der Waals surface area contributed by atoms with Crippen LogP contribution in [0.15, 0.2) is 46.9 Å². The molecule has 0 radical (unpaired) electrons. The maximum absolute atomic E-state index is 13.0. The number of carbonyl (C=O) groups excluding carboxylic acids is 2. The molecule has 0 spiro atoms. The van der Waals surface area contributed by atoms with Crippen LogP contribution in [-0.2, 0) is 22.4 Å². The van der Waals surface area contributed by atoms with Gasteiger partial charge in [-0.05, 0) is 59.3 Å². The first-order valence-electron chi connectivity index (χ1n) is 9.75. The highest BCUT2D eigenvalue weighted by Crippen LogP contribution is 2.30. The molecule has 4 rings (SSSR count). The van der Waals surface area contributed by atoms with E-state index in [1.807, 2.05) is 24.3 Å². The van der Waals surface area contributed by atoms with Crippen LogP contribution < -0.4 is 5.32 Å². The fourth-order valence-corrected chi connectivity index (χ4v) is 4.18. The summed E-state index contributed by atoms with van der Waals surface area (Å²) in [6, 6.07) is 11.4. The monoisotopic (exact) mass is 483 g/mol. The Morgan fingerprint density at radius 3 is 2.71 bits per heavy atom. The number of ether oxygens (including phenoxy) is 1. The Morgan fingerprint density at radius 2 is 1.94 bits per heavy atom. The number of benzene rings is 2. The molecule has 31 heavy (non-hydrogen) atoms. The highest BCUT2D eigenvalue weighted by atomic mass is 79.9. The third kappa shape index (κ3) is 4.41. The third-order valence-electron chi connectivity index (χ3n) is 5.15. The van der Waals surface area contributed by atoms with Gasteiger partial charge in [0.15, 0.2) is 6.61 Å². The minimum absolute atomic E-state index is 0.106. The van der Waals surface area contributed by atoms with Crippen LogP contribution in [0.2, 0.25) is 0 Å². The smallest absolute Gasteiger partial charge is 0.339 e. The quantitative estimate of drug-likeness (QED) is 0.323. The van der Waals surface area contributed by atoms with E-state index in [-0.39, 0.29) is 5.69 Å². The maximum Gasteiger partial charge on any atom is 0.339 e. The average Bonchev–Trinajstić information content (AvgIpc) is 2.77. The van der Waals surface area contributed by atoms with Crippen LogP contribution in [-0.4, -0.2) is 28.4 Å². The minimum Gasteiger partial charge on any atom is -0.452 e. The van der Waals surface area contributed by atoms with Crippen LogP contribution in [0.1, 0.15) is 34.5 Å². The van der Waals surface area contributed by atoms with Crippen molar-refractivity contribution in [2.75, 3.05) is 11.9 Å². The number of nitrogens with zero attached hydrogens (tertiary/aromatic N) is 2. The molecule has 1 aromatic heterocycles. The van der Waals surface area contributed by atoms with E-state index >= 15 is 0 Å². The molecular weight excluding hydrogens is 466 g/mol. The Hall–Kier alpha value is -3.33. The number of rotatable bonds is 5. The number of pyridine rings is 1. The SMILES string of the molecule is O=C(COC(=O)c1c2c(nc3ccccc13)CCCC2)Nc1ccc([N+](=O)[O-])cc1Br. The first-order chi connectivity index (χ1) is 14.9. The van der Waals surface area contributed by atoms with E-state index < -0.39 is 23.4 Å². The summed E-state index contributed by atoms with van der Waals surface area (Å²) >= 11 is 3.20. The fraction of sp³-hybridized carbons (Fsp3) is 0.227. The van der Waals surface area contributed by atoms with Crippen molar-refractivity contribution in [3.05, 3.63) is 73.9 Å². The summed E-state index contributed by atoms with van der Waals surface area (Å²) in [5.74, 6) is -1.11. The van der Waals surface area contributed by atoms with Crippen LogP contribution in [0.4, 0.5) is 11.4 Å². The van der Waals surface area contributed by atoms with Crippen molar-refractivity contribution in [3.8, 4) is 0 Å². The number of aromatic nitrogens is 1. The predicted octanol–water partition coefficient (Wildman–Crippen LogP) is 4.58. The molecule has 0 aliphatic heterocycles. The van der Waals surface area contributed by atoms with E-state index in [2.05, 4.69) is 21.2 Å². The highest BCUT2D eigenvalue weighted by molar-refractivity contribution is 9.10. The van der Waals surface area contributed by atoms with Gasteiger partial charge in [-0.1, -0.05) is 18.2 Å². The van der Waals surface area contributed by atoms with Gasteiger partial charge < -0.3 is 10.1 Å². The highest BCUT2D eigenvalue weighted by Gasteiger charge is 2.24. The summed E-state index contributed by atoms with van der Waals surface area (Å²) in [6.45, 7) is -0.478. The van der Waals surface area contributed by atoms with Gasteiger partial charge in [-0.15, -0.1) is 0 Å². The number of nitro benzene ring substituents is 1. The topological polar surface area (TPSA) is 111 Å². The van der Waals surface area contributed by atoms with Gasteiger partial charge in [-0.3, -0.25) is 19.9 Å². The molecule has 1 aliphatic carbocycles. The number of fused-ring (bicyclic) bond motifs is 2. The number of esters is 1. The zero-order chi connectivity index (χ0) is 22.0. The molecule has 3 aromatic rings. The lowest BCUT2D eigenvalue weighted by Gasteiger charge is -2.20. The summed E-state index contributed by atoms with van der Waals surface area (Å²) in [4.78, 5) is 40.3. The zero-order valence-corrected chi connectivity index (χ0v) is 18.0. The minimum atomic E-state index is -0.560. The summed E-state index contributed by atoms with van der Waals surface area (Å²) in [6.07, 6.45) is 3.57. The summed E-state index contributed by atoms with van der Waals surface area (Å²) in [5, 5.41) is 14.1. The number of halogens is 1. The molecule has 1 aliphatic rings. The molecule has 1 heterocycles. The van der Waals surface area contributed by atoms with E-state index in [1.54, 1.807) is 0 Å². The van der Waals surface area contributed by atoms with E-state index in [9.17, 15) is 19.7 Å². The normalized spacial score (nSPS) is 12.8. The largest absolute Gasteiger partial charge is 0.452 e. The first kappa shape index (κ1) is 20.9. The van der Waals surface area contributed by atoms with E-state index in [0.717, 1.165) is 42.5 Å². The molecule has 0 fully saturated rings. The number of para-hydroxylation sites is 1. The molecule has 0 saturated carbocycles. The van der Waals surface area contributed by atoms with Crippen molar-refractivity contribution in [2.24, 2.45) is 0 Å². The number of hydrogen-bond acceptors (Lipinski definition) is 6. The van der Waals surface area contributed by atoms with Crippen molar-refractivity contribution in [3.63, 3.8) is 0 Å². The number of nitro groups is 1. The van der Waals surface area contributed by atoms with Crippen molar-refractivity contribution in [2.45, 2.75) is 25.7 Å². The Bertz CT molecular complexity index is 1210. The number of non-ortho nitro benzene ring substituents is 1. The molecule has 0 bridgehead atoms. The predicted molar refractivity (Wildman–Crippen MR) is 118 cm³/mol. The standard InChI is InChI=1S/C22H18BrN3O5/c23-16-11-13(26(29)30)9-10-19(16)25-20(27)12-31-22(28)21-14-5-1-3-7-17(14)24-18-8-4-2-6-15(18)21/h1,3,5,7,9-11H,2,4,6,8,12H2,(H,25,27). The lowest BCUT2D eigenvalue weighted by atomic mass is 9.90. The number of nitrogens with one attached hydrogen (secondary N) is 1. The zero-order valence-electron chi connectivity index (χ0n) is 16.4. The number of anilines is 1. The Balaban J connectivity index is 1.51. The van der Waals surface area contributed by atoms with E-state index in [1.165, 1.54) is 18.2 Å². The van der Waals surface area contributed by atoms with Crippen LogP contribution in [0.5, 0.6) is 0 Å². The van der Waals surface area contributed by atoms with Gasteiger partial charge in [0.1, 0.15) is 0 Å². The van der Waals surface area contributed by atoms with Crippen molar-refractivity contribution < 1.29 is 19.2 Å². The molecule has 0 unspecified atom stereocenters. The first-order valence-corrected chi connectivity index (χ1v) is 10.5. The summed E-state index contributed by atoms with van der Waals surface area (Å²) < 4.78 is 5.69. The van der Waals surface area contributed by atoms with Gasteiger partial charge >= 0.3 is 5.97 Å². The van der Waals surface area contributed by atoms with Crippen molar-refractivity contribution in [1.82, 2.24) is 4.98 Å². The van der Waals surface area contributed by atoms with Gasteiger partial charge in [0.2, 0.25) is 0 Å². The van der Waals surface area contributed by atoms with Crippen LogP contribution in [0.25, 0.3) is 10.9 Å².